The van der Waals surface area contributed by atoms with Crippen molar-refractivity contribution in [3.8, 4) is 16.9 Å². The molecular formula is C23H22ClN5OS. The van der Waals surface area contributed by atoms with Crippen LogP contribution in [0.3, 0.4) is 0 Å². The highest BCUT2D eigenvalue weighted by Crippen LogP contribution is 2.32. The van der Waals surface area contributed by atoms with Gasteiger partial charge in [-0.2, -0.15) is 0 Å². The third-order valence-electron chi connectivity index (χ3n) is 5.23. The summed E-state index contributed by atoms with van der Waals surface area (Å²) in [7, 11) is 0. The number of nitrogens with one attached hydrogen (secondary N) is 1. The lowest BCUT2D eigenvalue weighted by Crippen LogP contribution is -2.36. The number of ether oxygens (including phenoxy) is 1. The monoisotopic (exact) mass is 451 g/mol. The van der Waals surface area contributed by atoms with Gasteiger partial charge in [0.15, 0.2) is 5.13 Å². The quantitative estimate of drug-likeness (QED) is 0.432. The minimum atomic E-state index is 0.731. The summed E-state index contributed by atoms with van der Waals surface area (Å²) in [5, 5.41) is 6.99. The van der Waals surface area contributed by atoms with E-state index < -0.39 is 0 Å². The number of nitrogens with zero attached hydrogens (tertiary/aromatic N) is 4. The maximum Gasteiger partial charge on any atom is 0.187 e. The molecule has 0 atom stereocenters. The van der Waals surface area contributed by atoms with Crippen molar-refractivity contribution in [2.75, 3.05) is 36.5 Å². The minimum Gasteiger partial charge on any atom is -0.378 e. The van der Waals surface area contributed by atoms with E-state index in [4.69, 9.17) is 21.3 Å². The highest BCUT2D eigenvalue weighted by Gasteiger charge is 2.15. The Labute approximate surface area is 190 Å². The SMILES string of the molecule is Cc1cn(-c2ccc(-c3csc(Nc4ccc(N5CCOCC5)c(Cl)c4)n3)cc2)cn1. The van der Waals surface area contributed by atoms with Gasteiger partial charge in [-0.25, -0.2) is 9.97 Å². The molecule has 1 saturated heterocycles. The number of imidazole rings is 1. The molecule has 0 spiro atoms. The zero-order valence-electron chi connectivity index (χ0n) is 17.1. The van der Waals surface area contributed by atoms with Crippen molar-refractivity contribution in [2.45, 2.75) is 6.92 Å². The Morgan fingerprint density at radius 3 is 2.61 bits per heavy atom. The van der Waals surface area contributed by atoms with Gasteiger partial charge in [0.2, 0.25) is 0 Å². The Kier molecular flexibility index (Phi) is 5.63. The summed E-state index contributed by atoms with van der Waals surface area (Å²) in [6.07, 6.45) is 3.83. The highest BCUT2D eigenvalue weighted by atomic mass is 35.5. The molecule has 0 unspecified atom stereocenters. The van der Waals surface area contributed by atoms with E-state index in [2.05, 4.69) is 50.9 Å². The smallest absolute Gasteiger partial charge is 0.187 e. The largest absolute Gasteiger partial charge is 0.378 e. The maximum absolute atomic E-state index is 6.55. The van der Waals surface area contributed by atoms with Gasteiger partial charge in [0.1, 0.15) is 0 Å². The minimum absolute atomic E-state index is 0.731. The Bertz CT molecular complexity index is 1180. The standard InChI is InChI=1S/C23H22ClN5OS/c1-16-13-29(15-25-16)19-5-2-17(3-6-19)21-14-31-23(27-21)26-18-4-7-22(20(24)12-18)28-8-10-30-11-9-28/h2-7,12-15H,8-11H2,1H3,(H,26,27). The summed E-state index contributed by atoms with van der Waals surface area (Å²) in [5.41, 5.74) is 6.06. The average molecular weight is 452 g/mol. The molecule has 0 bridgehead atoms. The first-order chi connectivity index (χ1) is 15.2. The van der Waals surface area contributed by atoms with Crippen molar-refractivity contribution in [3.63, 3.8) is 0 Å². The molecule has 0 aliphatic carbocycles. The highest BCUT2D eigenvalue weighted by molar-refractivity contribution is 7.14. The van der Waals surface area contributed by atoms with E-state index in [0.717, 1.165) is 70.5 Å². The van der Waals surface area contributed by atoms with Crippen molar-refractivity contribution in [2.24, 2.45) is 0 Å². The van der Waals surface area contributed by atoms with Gasteiger partial charge < -0.3 is 19.5 Å². The van der Waals surface area contributed by atoms with Crippen LogP contribution in [0.1, 0.15) is 5.69 Å². The number of anilines is 3. The number of hydrogen-bond donors (Lipinski definition) is 1. The number of aryl methyl sites for hydroxylation is 1. The molecule has 2 aromatic heterocycles. The van der Waals surface area contributed by atoms with Crippen LogP contribution in [0.2, 0.25) is 5.02 Å². The van der Waals surface area contributed by atoms with E-state index in [-0.39, 0.29) is 0 Å². The van der Waals surface area contributed by atoms with Crippen LogP contribution in [-0.2, 0) is 4.74 Å². The molecule has 2 aromatic carbocycles. The number of hydrogen-bond acceptors (Lipinski definition) is 6. The molecule has 4 aromatic rings. The molecular weight excluding hydrogens is 430 g/mol. The number of thiazole rings is 1. The Morgan fingerprint density at radius 2 is 1.90 bits per heavy atom. The Hall–Kier alpha value is -2.87. The summed E-state index contributed by atoms with van der Waals surface area (Å²) in [6.45, 7) is 5.18. The van der Waals surface area contributed by atoms with Gasteiger partial charge >= 0.3 is 0 Å². The molecule has 158 valence electrons. The summed E-state index contributed by atoms with van der Waals surface area (Å²) >= 11 is 8.12. The van der Waals surface area contributed by atoms with Crippen molar-refractivity contribution in [1.82, 2.24) is 14.5 Å². The summed E-state index contributed by atoms with van der Waals surface area (Å²) < 4.78 is 7.44. The van der Waals surface area contributed by atoms with Gasteiger partial charge in [-0.1, -0.05) is 23.7 Å². The van der Waals surface area contributed by atoms with Crippen LogP contribution in [0.5, 0.6) is 0 Å². The van der Waals surface area contributed by atoms with Gasteiger partial charge in [-0.05, 0) is 37.3 Å². The van der Waals surface area contributed by atoms with Gasteiger partial charge in [-0.3, -0.25) is 0 Å². The lowest BCUT2D eigenvalue weighted by molar-refractivity contribution is 0.122. The van der Waals surface area contributed by atoms with Crippen LogP contribution >= 0.6 is 22.9 Å². The first-order valence-electron chi connectivity index (χ1n) is 10.1. The van der Waals surface area contributed by atoms with Crippen molar-refractivity contribution in [1.29, 1.82) is 0 Å². The number of halogens is 1. The fraction of sp³-hybridized carbons (Fsp3) is 0.217. The zero-order valence-corrected chi connectivity index (χ0v) is 18.7. The Balaban J connectivity index is 1.29. The number of rotatable bonds is 5. The second-order valence-corrected chi connectivity index (χ2v) is 8.66. The zero-order chi connectivity index (χ0) is 21.2. The molecule has 1 fully saturated rings. The molecule has 5 rings (SSSR count). The Morgan fingerprint density at radius 1 is 1.10 bits per heavy atom. The van der Waals surface area contributed by atoms with E-state index in [0.29, 0.717) is 0 Å². The fourth-order valence-corrected chi connectivity index (χ4v) is 4.64. The molecule has 0 saturated carbocycles. The average Bonchev–Trinajstić information content (AvgIpc) is 3.44. The predicted octanol–water partition coefficient (Wildman–Crippen LogP) is 5.54. The normalized spacial score (nSPS) is 14.1. The molecule has 6 nitrogen and oxygen atoms in total. The lowest BCUT2D eigenvalue weighted by atomic mass is 10.1. The van der Waals surface area contributed by atoms with Gasteiger partial charge in [0.05, 0.1) is 41.6 Å². The summed E-state index contributed by atoms with van der Waals surface area (Å²) in [6, 6.07) is 14.4. The van der Waals surface area contributed by atoms with E-state index in [1.807, 2.05) is 36.1 Å². The van der Waals surface area contributed by atoms with Crippen LogP contribution in [0, 0.1) is 6.92 Å². The molecule has 8 heteroatoms. The summed E-state index contributed by atoms with van der Waals surface area (Å²) in [5.74, 6) is 0. The molecule has 31 heavy (non-hydrogen) atoms. The lowest BCUT2D eigenvalue weighted by Gasteiger charge is -2.29. The van der Waals surface area contributed by atoms with Crippen molar-refractivity contribution in [3.05, 3.63) is 71.1 Å². The van der Waals surface area contributed by atoms with E-state index >= 15 is 0 Å². The van der Waals surface area contributed by atoms with Gasteiger partial charge in [0.25, 0.3) is 0 Å². The number of benzene rings is 2. The molecule has 3 heterocycles. The first kappa shape index (κ1) is 20.1. The summed E-state index contributed by atoms with van der Waals surface area (Å²) in [4.78, 5) is 11.3. The van der Waals surface area contributed by atoms with E-state index in [9.17, 15) is 0 Å². The van der Waals surface area contributed by atoms with Crippen LogP contribution in [-0.4, -0.2) is 40.8 Å². The third-order valence-corrected chi connectivity index (χ3v) is 6.29. The molecule has 1 aliphatic rings. The van der Waals surface area contributed by atoms with Crippen molar-refractivity contribution < 1.29 is 4.74 Å². The van der Waals surface area contributed by atoms with E-state index in [1.54, 1.807) is 11.3 Å². The van der Waals surface area contributed by atoms with Gasteiger partial charge in [-0.15, -0.1) is 11.3 Å². The number of morpholine rings is 1. The topological polar surface area (TPSA) is 55.2 Å². The maximum atomic E-state index is 6.55. The van der Waals surface area contributed by atoms with E-state index in [1.165, 1.54) is 0 Å². The molecule has 0 amide bonds. The third kappa shape index (κ3) is 4.44. The molecule has 1 aliphatic heterocycles. The first-order valence-corrected chi connectivity index (χ1v) is 11.4. The van der Waals surface area contributed by atoms with Crippen LogP contribution < -0.4 is 10.2 Å². The van der Waals surface area contributed by atoms with Crippen LogP contribution in [0.15, 0.2) is 60.4 Å². The van der Waals surface area contributed by atoms with Crippen LogP contribution in [0.25, 0.3) is 16.9 Å². The molecule has 0 radical (unpaired) electrons. The second kappa shape index (κ2) is 8.70. The predicted molar refractivity (Wildman–Crippen MR) is 127 cm³/mol. The van der Waals surface area contributed by atoms with Crippen molar-refractivity contribution >= 4 is 39.4 Å². The fourth-order valence-electron chi connectivity index (χ4n) is 3.60. The van der Waals surface area contributed by atoms with Crippen LogP contribution in [0.4, 0.5) is 16.5 Å². The molecule has 1 N–H and O–H groups in total. The number of aromatic nitrogens is 3. The second-order valence-electron chi connectivity index (χ2n) is 7.40. The van der Waals surface area contributed by atoms with Gasteiger partial charge in [0, 0.05) is 41.6 Å².